The lowest BCUT2D eigenvalue weighted by atomic mass is 10.2. The van der Waals surface area contributed by atoms with Crippen LogP contribution in [0.1, 0.15) is 17.7 Å². The summed E-state index contributed by atoms with van der Waals surface area (Å²) in [5, 5.41) is 0. The summed E-state index contributed by atoms with van der Waals surface area (Å²) in [6, 6.07) is 1.47. The van der Waals surface area contributed by atoms with Crippen molar-refractivity contribution in [2.24, 2.45) is 0 Å². The first-order valence-electron chi connectivity index (χ1n) is 4.08. The molecule has 0 bridgehead atoms. The monoisotopic (exact) mass is 199 g/mol. The van der Waals surface area contributed by atoms with Crippen LogP contribution in [0.5, 0.6) is 0 Å². The van der Waals surface area contributed by atoms with Gasteiger partial charge in [0.2, 0.25) is 0 Å². The van der Waals surface area contributed by atoms with Gasteiger partial charge in [0, 0.05) is 5.88 Å². The Morgan fingerprint density at radius 2 is 2.38 bits per heavy atom. The molecular weight excluding hydrogens is 189 g/mol. The summed E-state index contributed by atoms with van der Waals surface area (Å²) in [5.74, 6) is 0.295. The van der Waals surface area contributed by atoms with Crippen molar-refractivity contribution in [1.82, 2.24) is 4.98 Å². The molecule has 0 amide bonds. The average Bonchev–Trinajstić information content (AvgIpc) is 2.09. The van der Waals surface area contributed by atoms with Gasteiger partial charge in [-0.05, 0) is 31.1 Å². The van der Waals surface area contributed by atoms with Gasteiger partial charge < -0.3 is 0 Å². The zero-order valence-corrected chi connectivity index (χ0v) is 8.18. The van der Waals surface area contributed by atoms with Crippen LogP contribution < -0.4 is 0 Å². The van der Waals surface area contributed by atoms with Crippen molar-refractivity contribution in [3.05, 3.63) is 35.4 Å². The van der Waals surface area contributed by atoms with Crippen LogP contribution in [0.3, 0.4) is 0 Å². The summed E-state index contributed by atoms with van der Waals surface area (Å²) < 4.78 is 12.6. The summed E-state index contributed by atoms with van der Waals surface area (Å²) >= 11 is 5.50. The Morgan fingerprint density at radius 1 is 1.62 bits per heavy atom. The minimum Gasteiger partial charge on any atom is -0.254 e. The SMILES string of the molecule is Cc1cc(F)cnc1C=CCCCl. The minimum atomic E-state index is -0.299. The highest BCUT2D eigenvalue weighted by Gasteiger charge is 1.96. The van der Waals surface area contributed by atoms with E-state index in [1.807, 2.05) is 19.1 Å². The van der Waals surface area contributed by atoms with Gasteiger partial charge in [-0.3, -0.25) is 4.98 Å². The first-order valence-corrected chi connectivity index (χ1v) is 4.62. The Balaban J connectivity index is 2.77. The fourth-order valence-electron chi connectivity index (χ4n) is 0.984. The van der Waals surface area contributed by atoms with Crippen LogP contribution in [0.4, 0.5) is 4.39 Å². The third-order valence-corrected chi connectivity index (χ3v) is 1.86. The van der Waals surface area contributed by atoms with E-state index in [0.717, 1.165) is 17.7 Å². The van der Waals surface area contributed by atoms with Gasteiger partial charge in [-0.15, -0.1) is 11.6 Å². The number of aromatic nitrogens is 1. The van der Waals surface area contributed by atoms with Gasteiger partial charge in [0.05, 0.1) is 11.9 Å². The number of pyridine rings is 1. The second-order valence-corrected chi connectivity index (χ2v) is 3.11. The lowest BCUT2D eigenvalue weighted by Gasteiger charge is -1.97. The van der Waals surface area contributed by atoms with Crippen LogP contribution in [0.2, 0.25) is 0 Å². The molecule has 1 nitrogen and oxygen atoms in total. The maximum atomic E-state index is 12.6. The molecule has 0 saturated heterocycles. The van der Waals surface area contributed by atoms with Gasteiger partial charge in [-0.2, -0.15) is 0 Å². The number of hydrogen-bond donors (Lipinski definition) is 0. The Morgan fingerprint density at radius 3 is 3.00 bits per heavy atom. The smallest absolute Gasteiger partial charge is 0.141 e. The highest BCUT2D eigenvalue weighted by Crippen LogP contribution is 2.08. The lowest BCUT2D eigenvalue weighted by Crippen LogP contribution is -1.88. The van der Waals surface area contributed by atoms with Gasteiger partial charge in [0.15, 0.2) is 0 Å². The molecule has 0 atom stereocenters. The molecule has 13 heavy (non-hydrogen) atoms. The van der Waals surface area contributed by atoms with E-state index >= 15 is 0 Å². The van der Waals surface area contributed by atoms with Crippen molar-refractivity contribution < 1.29 is 4.39 Å². The molecule has 0 aliphatic carbocycles. The quantitative estimate of drug-likeness (QED) is 0.682. The maximum absolute atomic E-state index is 12.6. The summed E-state index contributed by atoms with van der Waals surface area (Å²) in [4.78, 5) is 3.94. The van der Waals surface area contributed by atoms with E-state index in [0.29, 0.717) is 5.88 Å². The topological polar surface area (TPSA) is 12.9 Å². The molecule has 1 aromatic heterocycles. The van der Waals surface area contributed by atoms with E-state index in [9.17, 15) is 4.39 Å². The number of hydrogen-bond acceptors (Lipinski definition) is 1. The highest BCUT2D eigenvalue weighted by atomic mass is 35.5. The molecule has 1 aromatic rings. The molecule has 0 aromatic carbocycles. The van der Waals surface area contributed by atoms with Gasteiger partial charge >= 0.3 is 0 Å². The molecule has 0 fully saturated rings. The van der Waals surface area contributed by atoms with Crippen LogP contribution in [-0.4, -0.2) is 10.9 Å². The largest absolute Gasteiger partial charge is 0.254 e. The number of halogens is 2. The Hall–Kier alpha value is -0.890. The molecule has 70 valence electrons. The number of allylic oxidation sites excluding steroid dienone is 1. The summed E-state index contributed by atoms with van der Waals surface area (Å²) in [7, 11) is 0. The molecule has 0 saturated carbocycles. The fraction of sp³-hybridized carbons (Fsp3) is 0.300. The zero-order chi connectivity index (χ0) is 9.68. The molecule has 0 unspecified atom stereocenters. The van der Waals surface area contributed by atoms with E-state index < -0.39 is 0 Å². The molecular formula is C10H11ClFN. The van der Waals surface area contributed by atoms with E-state index in [1.54, 1.807) is 0 Å². The second kappa shape index (κ2) is 4.97. The molecule has 3 heteroatoms. The van der Waals surface area contributed by atoms with Crippen molar-refractivity contribution in [1.29, 1.82) is 0 Å². The van der Waals surface area contributed by atoms with Gasteiger partial charge in [-0.25, -0.2) is 4.39 Å². The lowest BCUT2D eigenvalue weighted by molar-refractivity contribution is 0.619. The predicted molar refractivity (Wildman–Crippen MR) is 53.3 cm³/mol. The maximum Gasteiger partial charge on any atom is 0.141 e. The van der Waals surface area contributed by atoms with Gasteiger partial charge in [0.25, 0.3) is 0 Å². The molecule has 0 spiro atoms. The summed E-state index contributed by atoms with van der Waals surface area (Å²) in [6.07, 6.45) is 5.81. The number of nitrogens with zero attached hydrogens (tertiary/aromatic N) is 1. The molecule has 1 rings (SSSR count). The van der Waals surface area contributed by atoms with E-state index in [-0.39, 0.29) is 5.82 Å². The fourth-order valence-corrected chi connectivity index (χ4v) is 1.11. The Labute approximate surface area is 82.3 Å². The van der Waals surface area contributed by atoms with E-state index in [2.05, 4.69) is 4.98 Å². The van der Waals surface area contributed by atoms with Crippen LogP contribution in [0.15, 0.2) is 18.3 Å². The molecule has 1 heterocycles. The number of rotatable bonds is 3. The van der Waals surface area contributed by atoms with Crippen LogP contribution in [0.25, 0.3) is 6.08 Å². The van der Waals surface area contributed by atoms with Crippen molar-refractivity contribution in [2.45, 2.75) is 13.3 Å². The predicted octanol–water partition coefficient (Wildman–Crippen LogP) is 3.17. The van der Waals surface area contributed by atoms with Crippen LogP contribution in [-0.2, 0) is 0 Å². The Bertz CT molecular complexity index is 310. The van der Waals surface area contributed by atoms with Gasteiger partial charge in [0.1, 0.15) is 5.82 Å². The average molecular weight is 200 g/mol. The summed E-state index contributed by atoms with van der Waals surface area (Å²) in [5.41, 5.74) is 1.64. The first-order chi connectivity index (χ1) is 6.24. The normalized spacial score (nSPS) is 11.0. The third-order valence-electron chi connectivity index (χ3n) is 1.64. The number of aryl methyl sites for hydroxylation is 1. The Kier molecular flexibility index (Phi) is 3.90. The van der Waals surface area contributed by atoms with Crippen molar-refractivity contribution >= 4 is 17.7 Å². The zero-order valence-electron chi connectivity index (χ0n) is 7.43. The molecule has 0 N–H and O–H groups in total. The van der Waals surface area contributed by atoms with Crippen LogP contribution in [0, 0.1) is 12.7 Å². The number of alkyl halides is 1. The molecule has 0 aliphatic heterocycles. The highest BCUT2D eigenvalue weighted by molar-refractivity contribution is 6.17. The van der Waals surface area contributed by atoms with Crippen molar-refractivity contribution in [2.75, 3.05) is 5.88 Å². The van der Waals surface area contributed by atoms with E-state index in [1.165, 1.54) is 12.3 Å². The molecule has 0 aliphatic rings. The van der Waals surface area contributed by atoms with Crippen molar-refractivity contribution in [3.63, 3.8) is 0 Å². The third kappa shape index (κ3) is 3.15. The first kappa shape index (κ1) is 10.2. The second-order valence-electron chi connectivity index (χ2n) is 2.74. The van der Waals surface area contributed by atoms with E-state index in [4.69, 9.17) is 11.6 Å². The van der Waals surface area contributed by atoms with Gasteiger partial charge in [-0.1, -0.05) is 6.08 Å². The van der Waals surface area contributed by atoms with Crippen molar-refractivity contribution in [3.8, 4) is 0 Å². The minimum absolute atomic E-state index is 0.299. The standard InChI is InChI=1S/C10H11ClFN/c1-8-6-9(12)7-13-10(8)4-2-3-5-11/h2,4,6-7H,3,5H2,1H3. The molecule has 0 radical (unpaired) electrons. The summed E-state index contributed by atoms with van der Waals surface area (Å²) in [6.45, 7) is 1.83. The van der Waals surface area contributed by atoms with Crippen LogP contribution >= 0.6 is 11.6 Å².